The van der Waals surface area contributed by atoms with E-state index in [-0.39, 0.29) is 11.7 Å². The van der Waals surface area contributed by atoms with Crippen LogP contribution in [0.25, 0.3) is 0 Å². The number of aromatic hydroxyl groups is 1. The molecule has 0 atom stereocenters. The molecule has 0 aliphatic heterocycles. The van der Waals surface area contributed by atoms with Crippen molar-refractivity contribution in [1.82, 2.24) is 10.4 Å². The number of carbonyl (C=O) groups is 1. The lowest BCUT2D eigenvalue weighted by Crippen LogP contribution is -2.17. The second-order valence-corrected chi connectivity index (χ2v) is 5.00. The van der Waals surface area contributed by atoms with Crippen LogP contribution in [-0.4, -0.2) is 29.3 Å². The van der Waals surface area contributed by atoms with Crippen molar-refractivity contribution < 1.29 is 14.6 Å². The van der Waals surface area contributed by atoms with Gasteiger partial charge in [0.15, 0.2) is 11.5 Å². The Kier molecular flexibility index (Phi) is 4.61. The summed E-state index contributed by atoms with van der Waals surface area (Å²) in [5, 5.41) is 13.6. The van der Waals surface area contributed by atoms with Crippen LogP contribution in [0.5, 0.6) is 11.5 Å². The molecule has 20 heavy (non-hydrogen) atoms. The predicted molar refractivity (Wildman–Crippen MR) is 83.2 cm³/mol. The molecular formula is C13H12IN3O3. The second-order valence-electron chi connectivity index (χ2n) is 3.84. The topological polar surface area (TPSA) is 86.7 Å². The summed E-state index contributed by atoms with van der Waals surface area (Å²) in [6.45, 7) is 0. The lowest BCUT2D eigenvalue weighted by molar-refractivity contribution is 0.0951. The highest BCUT2D eigenvalue weighted by Crippen LogP contribution is 2.31. The Balaban J connectivity index is 2.08. The van der Waals surface area contributed by atoms with Gasteiger partial charge in [-0.2, -0.15) is 5.10 Å². The quantitative estimate of drug-likeness (QED) is 0.428. The van der Waals surface area contributed by atoms with E-state index in [2.05, 4.69) is 15.5 Å². The predicted octanol–water partition coefficient (Wildman–Crippen LogP) is 2.10. The summed E-state index contributed by atoms with van der Waals surface area (Å²) >= 11 is 1.99. The molecule has 0 fully saturated rings. The van der Waals surface area contributed by atoms with Crippen molar-refractivity contribution in [3.05, 3.63) is 45.3 Å². The maximum atomic E-state index is 11.6. The Morgan fingerprint density at radius 2 is 2.35 bits per heavy atom. The Morgan fingerprint density at radius 3 is 3.00 bits per heavy atom. The molecule has 7 heteroatoms. The molecule has 6 nitrogen and oxygen atoms in total. The van der Waals surface area contributed by atoms with Gasteiger partial charge in [-0.05, 0) is 52.4 Å². The van der Waals surface area contributed by atoms with Crippen LogP contribution in [0.1, 0.15) is 16.1 Å². The Hall–Kier alpha value is -2.03. The van der Waals surface area contributed by atoms with E-state index in [4.69, 9.17) is 4.74 Å². The van der Waals surface area contributed by atoms with Gasteiger partial charge in [0.05, 0.1) is 16.9 Å². The van der Waals surface area contributed by atoms with Crippen LogP contribution >= 0.6 is 22.6 Å². The van der Waals surface area contributed by atoms with E-state index < -0.39 is 0 Å². The van der Waals surface area contributed by atoms with E-state index in [0.29, 0.717) is 20.6 Å². The van der Waals surface area contributed by atoms with Crippen molar-refractivity contribution in [2.24, 2.45) is 5.10 Å². The number of hydrazone groups is 1. The first-order valence-corrected chi connectivity index (χ1v) is 6.73. The largest absolute Gasteiger partial charge is 0.504 e. The maximum absolute atomic E-state index is 11.6. The average Bonchev–Trinajstić information content (AvgIpc) is 2.96. The van der Waals surface area contributed by atoms with E-state index >= 15 is 0 Å². The number of hydrogen-bond acceptors (Lipinski definition) is 4. The Labute approximate surface area is 129 Å². The van der Waals surface area contributed by atoms with Gasteiger partial charge in [0.2, 0.25) is 0 Å². The van der Waals surface area contributed by atoms with Crippen molar-refractivity contribution in [1.29, 1.82) is 0 Å². The first-order chi connectivity index (χ1) is 9.61. The van der Waals surface area contributed by atoms with Crippen molar-refractivity contribution in [2.45, 2.75) is 0 Å². The number of phenols is 1. The number of benzene rings is 1. The van der Waals surface area contributed by atoms with Crippen molar-refractivity contribution in [2.75, 3.05) is 7.11 Å². The zero-order chi connectivity index (χ0) is 14.5. The molecule has 1 aromatic carbocycles. The average molecular weight is 385 g/mol. The number of hydrogen-bond donors (Lipinski definition) is 3. The van der Waals surface area contributed by atoms with E-state index in [0.717, 1.165) is 0 Å². The third-order valence-corrected chi connectivity index (χ3v) is 3.32. The van der Waals surface area contributed by atoms with Gasteiger partial charge in [-0.25, -0.2) is 5.43 Å². The molecule has 0 aliphatic rings. The third kappa shape index (κ3) is 3.29. The number of ether oxygens (including phenoxy) is 1. The van der Waals surface area contributed by atoms with Gasteiger partial charge < -0.3 is 14.8 Å². The van der Waals surface area contributed by atoms with Crippen LogP contribution in [0, 0.1) is 3.57 Å². The highest BCUT2D eigenvalue weighted by atomic mass is 127. The Bertz CT molecular complexity index is 639. The highest BCUT2D eigenvalue weighted by molar-refractivity contribution is 14.1. The molecule has 0 spiro atoms. The second kappa shape index (κ2) is 6.42. The first kappa shape index (κ1) is 14.4. The highest BCUT2D eigenvalue weighted by Gasteiger charge is 2.07. The summed E-state index contributed by atoms with van der Waals surface area (Å²) < 4.78 is 5.68. The number of amides is 1. The van der Waals surface area contributed by atoms with E-state index in [9.17, 15) is 9.90 Å². The number of nitrogens with zero attached hydrogens (tertiary/aromatic N) is 1. The number of methoxy groups -OCH3 is 1. The van der Waals surface area contributed by atoms with E-state index in [1.54, 1.807) is 30.5 Å². The summed E-state index contributed by atoms with van der Waals surface area (Å²) in [5.41, 5.74) is 3.53. The van der Waals surface area contributed by atoms with Crippen LogP contribution in [0.4, 0.5) is 0 Å². The molecule has 0 bridgehead atoms. The molecule has 1 aromatic heterocycles. The zero-order valence-corrected chi connectivity index (χ0v) is 12.7. The van der Waals surface area contributed by atoms with Gasteiger partial charge in [-0.3, -0.25) is 4.79 Å². The molecule has 2 rings (SSSR count). The fourth-order valence-corrected chi connectivity index (χ4v) is 2.15. The minimum absolute atomic E-state index is 0.0840. The molecule has 2 aromatic rings. The normalized spacial score (nSPS) is 10.7. The maximum Gasteiger partial charge on any atom is 0.287 e. The number of phenolic OH excluding ortho intramolecular Hbond substituents is 1. The van der Waals surface area contributed by atoms with Crippen molar-refractivity contribution in [3.8, 4) is 11.5 Å². The van der Waals surface area contributed by atoms with Gasteiger partial charge in [-0.1, -0.05) is 0 Å². The molecular weight excluding hydrogens is 373 g/mol. The van der Waals surface area contributed by atoms with Crippen LogP contribution < -0.4 is 10.2 Å². The summed E-state index contributed by atoms with van der Waals surface area (Å²) in [6, 6.07) is 6.73. The first-order valence-electron chi connectivity index (χ1n) is 5.65. The van der Waals surface area contributed by atoms with Gasteiger partial charge in [-0.15, -0.1) is 0 Å². The standard InChI is InChI=1S/C13H12IN3O3/c1-20-11-6-8(5-9(14)12(11)18)7-16-17-13(19)10-3-2-4-15-10/h2-7,15,18H,1H3,(H,17,19)/b16-7+. The number of aromatic nitrogens is 1. The summed E-state index contributed by atoms with van der Waals surface area (Å²) in [4.78, 5) is 14.4. The number of carbonyl (C=O) groups excluding carboxylic acids is 1. The summed E-state index contributed by atoms with van der Waals surface area (Å²) in [6.07, 6.45) is 3.14. The number of aromatic amines is 1. The lowest BCUT2D eigenvalue weighted by atomic mass is 10.2. The molecule has 0 unspecified atom stereocenters. The van der Waals surface area contributed by atoms with Crippen LogP contribution in [-0.2, 0) is 0 Å². The molecule has 104 valence electrons. The molecule has 0 saturated heterocycles. The van der Waals surface area contributed by atoms with Crippen LogP contribution in [0.3, 0.4) is 0 Å². The van der Waals surface area contributed by atoms with Crippen LogP contribution in [0.2, 0.25) is 0 Å². The van der Waals surface area contributed by atoms with Gasteiger partial charge in [0.1, 0.15) is 5.69 Å². The van der Waals surface area contributed by atoms with Gasteiger partial charge in [0, 0.05) is 6.20 Å². The van der Waals surface area contributed by atoms with Crippen LogP contribution in [0.15, 0.2) is 35.6 Å². The number of halogens is 1. The fourth-order valence-electron chi connectivity index (χ4n) is 1.52. The summed E-state index contributed by atoms with van der Waals surface area (Å²) in [5.74, 6) is 0.112. The van der Waals surface area contributed by atoms with Crippen molar-refractivity contribution >= 4 is 34.7 Å². The fraction of sp³-hybridized carbons (Fsp3) is 0.0769. The molecule has 0 saturated carbocycles. The monoisotopic (exact) mass is 385 g/mol. The minimum Gasteiger partial charge on any atom is -0.504 e. The SMILES string of the molecule is COc1cc(/C=N/NC(=O)c2ccc[nH]2)cc(I)c1O. The molecule has 0 aliphatic carbocycles. The number of H-pyrrole nitrogens is 1. The van der Waals surface area contributed by atoms with E-state index in [1.807, 2.05) is 22.6 Å². The number of rotatable bonds is 4. The molecule has 0 radical (unpaired) electrons. The molecule has 1 amide bonds. The summed E-state index contributed by atoms with van der Waals surface area (Å²) in [7, 11) is 1.47. The smallest absolute Gasteiger partial charge is 0.287 e. The van der Waals surface area contributed by atoms with Gasteiger partial charge >= 0.3 is 0 Å². The lowest BCUT2D eigenvalue weighted by Gasteiger charge is -2.06. The number of nitrogens with one attached hydrogen (secondary N) is 2. The third-order valence-electron chi connectivity index (χ3n) is 2.49. The van der Waals surface area contributed by atoms with Gasteiger partial charge in [0.25, 0.3) is 5.91 Å². The molecule has 1 heterocycles. The Morgan fingerprint density at radius 1 is 1.55 bits per heavy atom. The minimum atomic E-state index is -0.327. The molecule has 3 N–H and O–H groups in total. The van der Waals surface area contributed by atoms with Crippen molar-refractivity contribution in [3.63, 3.8) is 0 Å². The zero-order valence-electron chi connectivity index (χ0n) is 10.6. The van der Waals surface area contributed by atoms with E-state index in [1.165, 1.54) is 13.3 Å².